The normalized spacial score (nSPS) is 13.2. The first-order valence-corrected chi connectivity index (χ1v) is 6.25. The summed E-state index contributed by atoms with van der Waals surface area (Å²) in [5.41, 5.74) is 2.21. The van der Waals surface area contributed by atoms with E-state index in [9.17, 15) is 0 Å². The zero-order valence-corrected chi connectivity index (χ0v) is 10.4. The lowest BCUT2D eigenvalue weighted by Crippen LogP contribution is -1.93. The Hall–Kier alpha value is -0.830. The standard InChI is InChI=1S/C12H15BrN2/c1-9(13)5-4-8-12-14-10-6-2-3-7-11(10)15-12/h2-3,6-7,9H,4-5,8H2,1H3,(H,14,15). The summed E-state index contributed by atoms with van der Waals surface area (Å²) in [6, 6.07) is 8.17. The molecule has 0 aliphatic rings. The van der Waals surface area contributed by atoms with E-state index in [1.54, 1.807) is 0 Å². The van der Waals surface area contributed by atoms with Crippen molar-refractivity contribution in [3.63, 3.8) is 0 Å². The van der Waals surface area contributed by atoms with Gasteiger partial charge in [0, 0.05) is 11.2 Å². The lowest BCUT2D eigenvalue weighted by molar-refractivity contribution is 0.716. The molecular formula is C12H15BrN2. The van der Waals surface area contributed by atoms with Crippen LogP contribution in [0.1, 0.15) is 25.6 Å². The van der Waals surface area contributed by atoms with Crippen LogP contribution < -0.4 is 0 Å². The number of H-pyrrole nitrogens is 1. The first kappa shape index (κ1) is 10.7. The van der Waals surface area contributed by atoms with Gasteiger partial charge in [0.15, 0.2) is 0 Å². The van der Waals surface area contributed by atoms with Gasteiger partial charge < -0.3 is 4.98 Å². The van der Waals surface area contributed by atoms with E-state index in [4.69, 9.17) is 0 Å². The molecule has 2 nitrogen and oxygen atoms in total. The van der Waals surface area contributed by atoms with Gasteiger partial charge in [0.05, 0.1) is 11.0 Å². The number of aromatic amines is 1. The molecule has 2 rings (SSSR count). The van der Waals surface area contributed by atoms with E-state index in [0.29, 0.717) is 4.83 Å². The molecule has 1 unspecified atom stereocenters. The highest BCUT2D eigenvalue weighted by molar-refractivity contribution is 9.09. The Morgan fingerprint density at radius 3 is 2.93 bits per heavy atom. The quantitative estimate of drug-likeness (QED) is 0.841. The number of para-hydroxylation sites is 2. The summed E-state index contributed by atoms with van der Waals surface area (Å²) in [6.07, 6.45) is 3.40. The van der Waals surface area contributed by atoms with Crippen molar-refractivity contribution in [3.8, 4) is 0 Å². The Bertz CT molecular complexity index is 401. The molecule has 0 radical (unpaired) electrons. The second kappa shape index (κ2) is 4.79. The number of nitrogens with one attached hydrogen (secondary N) is 1. The molecule has 0 bridgehead atoms. The van der Waals surface area contributed by atoms with Gasteiger partial charge in [-0.15, -0.1) is 0 Å². The molecule has 0 spiro atoms. The van der Waals surface area contributed by atoms with E-state index in [1.165, 1.54) is 12.8 Å². The third kappa shape index (κ3) is 2.81. The van der Waals surface area contributed by atoms with Crippen molar-refractivity contribution in [2.24, 2.45) is 0 Å². The van der Waals surface area contributed by atoms with E-state index < -0.39 is 0 Å². The Balaban J connectivity index is 2.03. The number of benzene rings is 1. The van der Waals surface area contributed by atoms with Crippen LogP contribution in [-0.2, 0) is 6.42 Å². The van der Waals surface area contributed by atoms with Gasteiger partial charge in [-0.1, -0.05) is 35.0 Å². The number of alkyl halides is 1. The van der Waals surface area contributed by atoms with Crippen LogP contribution in [0.4, 0.5) is 0 Å². The molecule has 1 atom stereocenters. The van der Waals surface area contributed by atoms with Gasteiger partial charge in [0.1, 0.15) is 5.82 Å². The minimum atomic E-state index is 0.599. The third-order valence-electron chi connectivity index (χ3n) is 2.45. The van der Waals surface area contributed by atoms with Crippen molar-refractivity contribution in [2.45, 2.75) is 31.0 Å². The van der Waals surface area contributed by atoms with Crippen LogP contribution in [0.2, 0.25) is 0 Å². The molecule has 80 valence electrons. The van der Waals surface area contributed by atoms with E-state index >= 15 is 0 Å². The fourth-order valence-corrected chi connectivity index (χ4v) is 2.00. The van der Waals surface area contributed by atoms with Gasteiger partial charge in [-0.3, -0.25) is 0 Å². The van der Waals surface area contributed by atoms with Crippen molar-refractivity contribution in [2.75, 3.05) is 0 Å². The first-order chi connectivity index (χ1) is 7.25. The fraction of sp³-hybridized carbons (Fsp3) is 0.417. The maximum Gasteiger partial charge on any atom is 0.107 e. The van der Waals surface area contributed by atoms with Gasteiger partial charge in [-0.2, -0.15) is 0 Å². The molecule has 0 saturated heterocycles. The highest BCUT2D eigenvalue weighted by atomic mass is 79.9. The van der Waals surface area contributed by atoms with Crippen LogP contribution >= 0.6 is 15.9 Å². The van der Waals surface area contributed by atoms with Crippen molar-refractivity contribution >= 4 is 27.0 Å². The molecular weight excluding hydrogens is 252 g/mol. The number of nitrogens with zero attached hydrogens (tertiary/aromatic N) is 1. The van der Waals surface area contributed by atoms with Gasteiger partial charge >= 0.3 is 0 Å². The summed E-state index contributed by atoms with van der Waals surface area (Å²) < 4.78 is 0. The fourth-order valence-electron chi connectivity index (χ4n) is 1.67. The first-order valence-electron chi connectivity index (χ1n) is 5.33. The summed E-state index contributed by atoms with van der Waals surface area (Å²) in [7, 11) is 0. The lowest BCUT2D eigenvalue weighted by atomic mass is 10.2. The predicted molar refractivity (Wildman–Crippen MR) is 67.4 cm³/mol. The topological polar surface area (TPSA) is 28.7 Å². The van der Waals surface area contributed by atoms with Crippen molar-refractivity contribution in [1.29, 1.82) is 0 Å². The zero-order chi connectivity index (χ0) is 10.7. The largest absolute Gasteiger partial charge is 0.342 e. The SMILES string of the molecule is CC(Br)CCCc1nc2ccccc2[nH]1. The maximum atomic E-state index is 4.54. The summed E-state index contributed by atoms with van der Waals surface area (Å²) in [6.45, 7) is 2.18. The summed E-state index contributed by atoms with van der Waals surface area (Å²) in [5.74, 6) is 1.10. The lowest BCUT2D eigenvalue weighted by Gasteiger charge is -2.00. The molecule has 1 N–H and O–H groups in total. The molecule has 1 aromatic heterocycles. The molecule has 0 amide bonds. The van der Waals surface area contributed by atoms with E-state index in [1.807, 2.05) is 18.2 Å². The average Bonchev–Trinajstić information content (AvgIpc) is 2.59. The smallest absolute Gasteiger partial charge is 0.107 e. The van der Waals surface area contributed by atoms with Crippen molar-refractivity contribution < 1.29 is 0 Å². The van der Waals surface area contributed by atoms with Crippen LogP contribution in [0, 0.1) is 0 Å². The highest BCUT2D eigenvalue weighted by Crippen LogP contribution is 2.13. The number of hydrogen-bond donors (Lipinski definition) is 1. The molecule has 2 aromatic rings. The number of imidazole rings is 1. The summed E-state index contributed by atoms with van der Waals surface area (Å²) in [5, 5.41) is 0. The average molecular weight is 267 g/mol. The Morgan fingerprint density at radius 2 is 2.20 bits per heavy atom. The predicted octanol–water partition coefficient (Wildman–Crippen LogP) is 3.67. The van der Waals surface area contributed by atoms with Crippen LogP contribution in [-0.4, -0.2) is 14.8 Å². The molecule has 0 aliphatic carbocycles. The second-order valence-corrected chi connectivity index (χ2v) is 5.44. The summed E-state index contributed by atoms with van der Waals surface area (Å²) in [4.78, 5) is 8.48. The van der Waals surface area contributed by atoms with Gasteiger partial charge in [-0.25, -0.2) is 4.98 Å². The molecule has 3 heteroatoms. The Morgan fingerprint density at radius 1 is 1.40 bits per heavy atom. The number of aryl methyl sites for hydroxylation is 1. The van der Waals surface area contributed by atoms with Gasteiger partial charge in [-0.05, 0) is 25.0 Å². The highest BCUT2D eigenvalue weighted by Gasteiger charge is 2.02. The Labute approximate surface area is 98.2 Å². The monoisotopic (exact) mass is 266 g/mol. The molecule has 1 aromatic carbocycles. The van der Waals surface area contributed by atoms with Crippen LogP contribution in [0.25, 0.3) is 11.0 Å². The number of hydrogen-bond acceptors (Lipinski definition) is 1. The van der Waals surface area contributed by atoms with Gasteiger partial charge in [0.2, 0.25) is 0 Å². The minimum absolute atomic E-state index is 0.599. The molecule has 15 heavy (non-hydrogen) atoms. The van der Waals surface area contributed by atoms with Crippen LogP contribution in [0.3, 0.4) is 0 Å². The van der Waals surface area contributed by atoms with Gasteiger partial charge in [0.25, 0.3) is 0 Å². The molecule has 0 fully saturated rings. The van der Waals surface area contributed by atoms with Crippen LogP contribution in [0.15, 0.2) is 24.3 Å². The number of halogens is 1. The van der Waals surface area contributed by atoms with E-state index in [-0.39, 0.29) is 0 Å². The molecule has 1 heterocycles. The number of aromatic nitrogens is 2. The van der Waals surface area contributed by atoms with Crippen LogP contribution in [0.5, 0.6) is 0 Å². The van der Waals surface area contributed by atoms with Crippen molar-refractivity contribution in [1.82, 2.24) is 9.97 Å². The van der Waals surface area contributed by atoms with E-state index in [2.05, 4.69) is 38.9 Å². The molecule has 0 aliphatic heterocycles. The third-order valence-corrected chi connectivity index (χ3v) is 2.91. The van der Waals surface area contributed by atoms with E-state index in [0.717, 1.165) is 23.3 Å². The zero-order valence-electron chi connectivity index (χ0n) is 8.83. The Kier molecular flexibility index (Phi) is 3.41. The number of fused-ring (bicyclic) bond motifs is 1. The van der Waals surface area contributed by atoms with Crippen molar-refractivity contribution in [3.05, 3.63) is 30.1 Å². The second-order valence-electron chi connectivity index (χ2n) is 3.87. The number of rotatable bonds is 4. The summed E-state index contributed by atoms with van der Waals surface area (Å²) >= 11 is 3.55. The maximum absolute atomic E-state index is 4.54. The minimum Gasteiger partial charge on any atom is -0.342 e. The molecule has 0 saturated carbocycles.